The van der Waals surface area contributed by atoms with Gasteiger partial charge in [-0.3, -0.25) is 4.79 Å². The lowest BCUT2D eigenvalue weighted by Gasteiger charge is -2.05. The molecular weight excluding hydrogens is 288 g/mol. The predicted molar refractivity (Wildman–Crippen MR) is 62.8 cm³/mol. The molecule has 0 aliphatic carbocycles. The summed E-state index contributed by atoms with van der Waals surface area (Å²) in [6, 6.07) is 7.47. The molecule has 0 bridgehead atoms. The van der Waals surface area contributed by atoms with Gasteiger partial charge in [0.2, 0.25) is 0 Å². The Morgan fingerprint density at radius 3 is 2.88 bits per heavy atom. The number of hydrogen-bond donors (Lipinski definition) is 1. The van der Waals surface area contributed by atoms with Crippen molar-refractivity contribution in [3.63, 3.8) is 0 Å². The van der Waals surface area contributed by atoms with Gasteiger partial charge in [-0.05, 0) is 38.5 Å². The number of carboxylic acid groups (broad SMARTS) is 1. The SMILES string of the molecule is O=C(O)CCc1nnnn1-c1ccccc1Br. The number of benzene rings is 1. The molecule has 2 aromatic rings. The number of tetrazole rings is 1. The van der Waals surface area contributed by atoms with Crippen molar-refractivity contribution < 1.29 is 9.90 Å². The average Bonchev–Trinajstić information content (AvgIpc) is 2.75. The van der Waals surface area contributed by atoms with Crippen molar-refractivity contribution in [1.29, 1.82) is 0 Å². The number of nitrogens with zero attached hydrogens (tertiary/aromatic N) is 4. The minimum absolute atomic E-state index is 0.00479. The van der Waals surface area contributed by atoms with Crippen molar-refractivity contribution >= 4 is 21.9 Å². The first-order chi connectivity index (χ1) is 8.18. The van der Waals surface area contributed by atoms with Gasteiger partial charge in [0.25, 0.3) is 0 Å². The third-order valence-corrected chi connectivity index (χ3v) is 2.85. The van der Waals surface area contributed by atoms with E-state index in [4.69, 9.17) is 5.11 Å². The van der Waals surface area contributed by atoms with Crippen LogP contribution in [0, 0.1) is 0 Å². The summed E-state index contributed by atoms with van der Waals surface area (Å²) in [7, 11) is 0. The highest BCUT2D eigenvalue weighted by Gasteiger charge is 2.11. The normalized spacial score (nSPS) is 10.4. The first-order valence-electron chi connectivity index (χ1n) is 4.92. The molecule has 6 nitrogen and oxygen atoms in total. The molecule has 1 aromatic carbocycles. The molecule has 0 aliphatic rings. The highest BCUT2D eigenvalue weighted by molar-refractivity contribution is 9.10. The summed E-state index contributed by atoms with van der Waals surface area (Å²) < 4.78 is 2.39. The molecule has 1 N–H and O–H groups in total. The summed E-state index contributed by atoms with van der Waals surface area (Å²) in [5.41, 5.74) is 0.790. The van der Waals surface area contributed by atoms with Crippen LogP contribution in [0.1, 0.15) is 12.2 Å². The van der Waals surface area contributed by atoms with Gasteiger partial charge in [0.05, 0.1) is 12.1 Å². The van der Waals surface area contributed by atoms with Crippen molar-refractivity contribution in [2.75, 3.05) is 0 Å². The maximum absolute atomic E-state index is 10.5. The summed E-state index contributed by atoms with van der Waals surface area (Å²) in [5, 5.41) is 19.9. The van der Waals surface area contributed by atoms with Gasteiger partial charge in [-0.1, -0.05) is 12.1 Å². The first-order valence-corrected chi connectivity index (χ1v) is 5.71. The summed E-state index contributed by atoms with van der Waals surface area (Å²) in [6.45, 7) is 0. The molecule has 1 aromatic heterocycles. The van der Waals surface area contributed by atoms with E-state index in [0.717, 1.165) is 10.2 Å². The maximum atomic E-state index is 10.5. The Labute approximate surface area is 105 Å². The molecule has 1 heterocycles. The van der Waals surface area contributed by atoms with Crippen LogP contribution in [0.2, 0.25) is 0 Å². The number of halogens is 1. The van der Waals surface area contributed by atoms with Crippen LogP contribution in [0.5, 0.6) is 0 Å². The van der Waals surface area contributed by atoms with Crippen LogP contribution in [0.4, 0.5) is 0 Å². The number of carbonyl (C=O) groups is 1. The van der Waals surface area contributed by atoms with Crippen molar-refractivity contribution in [2.24, 2.45) is 0 Å². The highest BCUT2D eigenvalue weighted by atomic mass is 79.9. The van der Waals surface area contributed by atoms with E-state index in [9.17, 15) is 4.79 Å². The minimum atomic E-state index is -0.869. The molecule has 7 heteroatoms. The number of hydrogen-bond acceptors (Lipinski definition) is 4. The summed E-state index contributed by atoms with van der Waals surface area (Å²) >= 11 is 3.40. The molecule has 88 valence electrons. The molecule has 0 atom stereocenters. The number of para-hydroxylation sites is 1. The molecule has 0 spiro atoms. The first kappa shape index (κ1) is 11.7. The van der Waals surface area contributed by atoms with Gasteiger partial charge in [-0.2, -0.15) is 4.68 Å². The van der Waals surface area contributed by atoms with E-state index in [-0.39, 0.29) is 6.42 Å². The van der Waals surface area contributed by atoms with E-state index in [0.29, 0.717) is 12.2 Å². The van der Waals surface area contributed by atoms with Gasteiger partial charge in [-0.15, -0.1) is 5.10 Å². The number of aryl methyl sites for hydroxylation is 1. The second kappa shape index (κ2) is 5.05. The maximum Gasteiger partial charge on any atom is 0.303 e. The fraction of sp³-hybridized carbons (Fsp3) is 0.200. The van der Waals surface area contributed by atoms with Crippen molar-refractivity contribution in [2.45, 2.75) is 12.8 Å². The second-order valence-electron chi connectivity index (χ2n) is 3.35. The fourth-order valence-electron chi connectivity index (χ4n) is 1.39. The number of aromatic nitrogens is 4. The lowest BCUT2D eigenvalue weighted by Crippen LogP contribution is -2.06. The fourth-order valence-corrected chi connectivity index (χ4v) is 1.84. The van der Waals surface area contributed by atoms with Crippen LogP contribution in [0.25, 0.3) is 5.69 Å². The summed E-state index contributed by atoms with van der Waals surface area (Å²) in [4.78, 5) is 10.5. The third kappa shape index (κ3) is 2.68. The zero-order chi connectivity index (χ0) is 12.3. The molecule has 17 heavy (non-hydrogen) atoms. The topological polar surface area (TPSA) is 80.9 Å². The zero-order valence-electron chi connectivity index (χ0n) is 8.75. The van der Waals surface area contributed by atoms with E-state index in [1.165, 1.54) is 4.68 Å². The van der Waals surface area contributed by atoms with E-state index >= 15 is 0 Å². The van der Waals surface area contributed by atoms with Crippen LogP contribution in [-0.4, -0.2) is 31.3 Å². The van der Waals surface area contributed by atoms with Gasteiger partial charge in [-0.25, -0.2) is 0 Å². The van der Waals surface area contributed by atoms with E-state index in [1.807, 2.05) is 24.3 Å². The van der Waals surface area contributed by atoms with Gasteiger partial charge < -0.3 is 5.11 Å². The number of aliphatic carboxylic acids is 1. The van der Waals surface area contributed by atoms with Crippen LogP contribution < -0.4 is 0 Å². The molecular formula is C10H9BrN4O2. The highest BCUT2D eigenvalue weighted by Crippen LogP contribution is 2.20. The standard InChI is InChI=1S/C10H9BrN4O2/c11-7-3-1-2-4-8(7)15-9(12-13-14-15)5-6-10(16)17/h1-4H,5-6H2,(H,16,17). The third-order valence-electron chi connectivity index (χ3n) is 2.18. The average molecular weight is 297 g/mol. The molecule has 2 rings (SSSR count). The lowest BCUT2D eigenvalue weighted by atomic mass is 10.3. The lowest BCUT2D eigenvalue weighted by molar-refractivity contribution is -0.137. The molecule has 0 aliphatic heterocycles. The number of rotatable bonds is 4. The Morgan fingerprint density at radius 2 is 2.18 bits per heavy atom. The molecule has 0 amide bonds. The molecule has 0 saturated heterocycles. The second-order valence-corrected chi connectivity index (χ2v) is 4.21. The number of carboxylic acids is 1. The molecule has 0 unspecified atom stereocenters. The van der Waals surface area contributed by atoms with Crippen LogP contribution in [-0.2, 0) is 11.2 Å². The van der Waals surface area contributed by atoms with Crippen LogP contribution in [0.3, 0.4) is 0 Å². The van der Waals surface area contributed by atoms with Crippen molar-refractivity contribution in [3.8, 4) is 5.69 Å². The van der Waals surface area contributed by atoms with Crippen LogP contribution in [0.15, 0.2) is 28.7 Å². The molecule has 0 fully saturated rings. The quantitative estimate of drug-likeness (QED) is 0.923. The Balaban J connectivity index is 2.31. The summed E-state index contributed by atoms with van der Waals surface area (Å²) in [5.74, 6) is -0.342. The van der Waals surface area contributed by atoms with Gasteiger partial charge >= 0.3 is 5.97 Å². The monoisotopic (exact) mass is 296 g/mol. The Bertz CT molecular complexity index is 541. The van der Waals surface area contributed by atoms with Crippen molar-refractivity contribution in [1.82, 2.24) is 20.2 Å². The zero-order valence-corrected chi connectivity index (χ0v) is 10.3. The van der Waals surface area contributed by atoms with E-state index in [2.05, 4.69) is 31.5 Å². The van der Waals surface area contributed by atoms with Crippen LogP contribution >= 0.6 is 15.9 Å². The van der Waals surface area contributed by atoms with Gasteiger partial charge in [0, 0.05) is 10.9 Å². The largest absolute Gasteiger partial charge is 0.481 e. The molecule has 0 radical (unpaired) electrons. The Kier molecular flexibility index (Phi) is 3.48. The Morgan fingerprint density at radius 1 is 1.41 bits per heavy atom. The smallest absolute Gasteiger partial charge is 0.303 e. The van der Waals surface area contributed by atoms with E-state index in [1.54, 1.807) is 0 Å². The molecule has 0 saturated carbocycles. The minimum Gasteiger partial charge on any atom is -0.481 e. The van der Waals surface area contributed by atoms with Gasteiger partial charge in [0.1, 0.15) is 0 Å². The predicted octanol–water partition coefficient (Wildman–Crippen LogP) is 1.44. The summed E-state index contributed by atoms with van der Waals surface area (Å²) in [6.07, 6.45) is 0.300. The van der Waals surface area contributed by atoms with Crippen molar-refractivity contribution in [3.05, 3.63) is 34.6 Å². The van der Waals surface area contributed by atoms with E-state index < -0.39 is 5.97 Å². The van der Waals surface area contributed by atoms with Gasteiger partial charge in [0.15, 0.2) is 5.82 Å². The Hall–Kier alpha value is -1.76.